The molecule has 0 aliphatic rings. The highest BCUT2D eigenvalue weighted by molar-refractivity contribution is 6.01. The van der Waals surface area contributed by atoms with Crippen LogP contribution in [0.2, 0.25) is 0 Å². The van der Waals surface area contributed by atoms with Crippen molar-refractivity contribution >= 4 is 17.6 Å². The van der Waals surface area contributed by atoms with Gasteiger partial charge in [0.25, 0.3) is 5.91 Å². The van der Waals surface area contributed by atoms with Crippen LogP contribution in [0.25, 0.3) is 0 Å². The minimum Gasteiger partial charge on any atom is -0.493 e. The van der Waals surface area contributed by atoms with Crippen LogP contribution in [-0.4, -0.2) is 39.8 Å². The number of aryl methyl sites for hydroxylation is 3. The summed E-state index contributed by atoms with van der Waals surface area (Å²) in [5.74, 6) is 0.980. The van der Waals surface area contributed by atoms with Crippen molar-refractivity contribution in [1.82, 2.24) is 5.32 Å². The van der Waals surface area contributed by atoms with Gasteiger partial charge >= 0.3 is 6.03 Å². The first-order valence-electron chi connectivity index (χ1n) is 9.44. The molecule has 2 rings (SSSR count). The average Bonchev–Trinajstić information content (AvgIpc) is 2.65. The molecule has 0 spiro atoms. The third kappa shape index (κ3) is 6.22. The fraction of sp³-hybridized carbons (Fsp3) is 0.364. The van der Waals surface area contributed by atoms with E-state index in [1.54, 1.807) is 14.2 Å². The summed E-state index contributed by atoms with van der Waals surface area (Å²) in [6, 6.07) is 9.01. The third-order valence-corrected chi connectivity index (χ3v) is 4.68. The summed E-state index contributed by atoms with van der Waals surface area (Å²) in [6.07, 6.45) is 0. The number of amides is 3. The number of carbonyl (C=O) groups is 2. The molecule has 0 saturated heterocycles. The molecular weight excluding hydrogens is 370 g/mol. The van der Waals surface area contributed by atoms with Crippen LogP contribution >= 0.6 is 0 Å². The van der Waals surface area contributed by atoms with Crippen LogP contribution in [0.3, 0.4) is 0 Å². The van der Waals surface area contributed by atoms with Gasteiger partial charge in [0.2, 0.25) is 0 Å². The van der Waals surface area contributed by atoms with Crippen LogP contribution in [-0.2, 0) is 11.3 Å². The van der Waals surface area contributed by atoms with Crippen LogP contribution in [0.15, 0.2) is 30.3 Å². The quantitative estimate of drug-likeness (QED) is 0.664. The number of nitrogens with one attached hydrogen (secondary N) is 3. The van der Waals surface area contributed by atoms with E-state index in [9.17, 15) is 9.59 Å². The highest BCUT2D eigenvalue weighted by Gasteiger charge is 2.17. The van der Waals surface area contributed by atoms with Crippen LogP contribution < -0.4 is 25.0 Å². The molecule has 0 bridgehead atoms. The second-order valence-electron chi connectivity index (χ2n) is 7.27. The van der Waals surface area contributed by atoms with Crippen molar-refractivity contribution < 1.29 is 24.0 Å². The van der Waals surface area contributed by atoms with Gasteiger partial charge in [0.1, 0.15) is 6.54 Å². The van der Waals surface area contributed by atoms with Gasteiger partial charge in [-0.3, -0.25) is 10.1 Å². The molecule has 0 saturated carbocycles. The number of ether oxygens (including phenoxy) is 2. The molecule has 7 nitrogen and oxygen atoms in total. The fourth-order valence-electron chi connectivity index (χ4n) is 3.15. The van der Waals surface area contributed by atoms with E-state index in [2.05, 4.69) is 10.6 Å². The number of rotatable bonds is 7. The van der Waals surface area contributed by atoms with Crippen LogP contribution in [0.5, 0.6) is 11.5 Å². The minimum absolute atomic E-state index is 0.161. The molecule has 29 heavy (non-hydrogen) atoms. The Morgan fingerprint density at radius 1 is 0.966 bits per heavy atom. The Kier molecular flexibility index (Phi) is 7.61. The molecule has 0 fully saturated rings. The molecule has 0 heterocycles. The highest BCUT2D eigenvalue weighted by atomic mass is 16.5. The Balaban J connectivity index is 1.92. The van der Waals surface area contributed by atoms with E-state index >= 15 is 0 Å². The predicted molar refractivity (Wildman–Crippen MR) is 113 cm³/mol. The van der Waals surface area contributed by atoms with E-state index in [-0.39, 0.29) is 12.5 Å². The first kappa shape index (κ1) is 22.2. The molecule has 2 aromatic carbocycles. The lowest BCUT2D eigenvalue weighted by atomic mass is 10.1. The van der Waals surface area contributed by atoms with Gasteiger partial charge in [-0.2, -0.15) is 0 Å². The Morgan fingerprint density at radius 2 is 1.62 bits per heavy atom. The number of hydrogen-bond donors (Lipinski definition) is 3. The lowest BCUT2D eigenvalue weighted by Gasteiger charge is -2.17. The molecule has 0 aliphatic heterocycles. The van der Waals surface area contributed by atoms with Crippen molar-refractivity contribution in [2.45, 2.75) is 27.3 Å². The van der Waals surface area contributed by atoms with Crippen LogP contribution in [0.4, 0.5) is 10.5 Å². The Morgan fingerprint density at radius 3 is 2.24 bits per heavy atom. The van der Waals surface area contributed by atoms with E-state index in [4.69, 9.17) is 9.47 Å². The summed E-state index contributed by atoms with van der Waals surface area (Å²) in [6.45, 7) is 6.65. The first-order valence-corrected chi connectivity index (χ1v) is 9.44. The van der Waals surface area contributed by atoms with Gasteiger partial charge in [-0.1, -0.05) is 17.7 Å². The summed E-state index contributed by atoms with van der Waals surface area (Å²) < 4.78 is 10.7. The second-order valence-corrected chi connectivity index (χ2v) is 7.27. The van der Waals surface area contributed by atoms with Crippen molar-refractivity contribution in [3.8, 4) is 11.5 Å². The maximum Gasteiger partial charge on any atom is 0.326 e. The zero-order chi connectivity index (χ0) is 21.6. The van der Waals surface area contributed by atoms with Crippen molar-refractivity contribution in [1.29, 1.82) is 0 Å². The van der Waals surface area contributed by atoms with Crippen molar-refractivity contribution in [2.24, 2.45) is 0 Å². The van der Waals surface area contributed by atoms with E-state index in [1.807, 2.05) is 58.2 Å². The van der Waals surface area contributed by atoms with Crippen molar-refractivity contribution in [3.63, 3.8) is 0 Å². The molecular formula is C22H30N3O4+. The maximum absolute atomic E-state index is 12.3. The lowest BCUT2D eigenvalue weighted by molar-refractivity contribution is -0.885. The first-order chi connectivity index (χ1) is 13.7. The lowest BCUT2D eigenvalue weighted by Crippen LogP contribution is -3.09. The minimum atomic E-state index is -0.531. The number of benzene rings is 2. The molecule has 3 amide bonds. The van der Waals surface area contributed by atoms with Gasteiger partial charge in [0.15, 0.2) is 18.0 Å². The Labute approximate surface area is 172 Å². The van der Waals surface area contributed by atoms with E-state index in [1.165, 1.54) is 0 Å². The van der Waals surface area contributed by atoms with Gasteiger partial charge in [-0.25, -0.2) is 4.79 Å². The van der Waals surface area contributed by atoms with Crippen molar-refractivity contribution in [2.75, 3.05) is 33.1 Å². The van der Waals surface area contributed by atoms with Gasteiger partial charge in [0, 0.05) is 11.3 Å². The average molecular weight is 400 g/mol. The van der Waals surface area contributed by atoms with Crippen LogP contribution in [0.1, 0.15) is 22.3 Å². The van der Waals surface area contributed by atoms with Gasteiger partial charge in [-0.15, -0.1) is 0 Å². The topological polar surface area (TPSA) is 81.1 Å². The molecule has 7 heteroatoms. The summed E-state index contributed by atoms with van der Waals surface area (Å²) in [5, 5.41) is 5.11. The van der Waals surface area contributed by atoms with Gasteiger partial charge < -0.3 is 19.7 Å². The predicted octanol–water partition coefficient (Wildman–Crippen LogP) is 1.99. The summed E-state index contributed by atoms with van der Waals surface area (Å²) >= 11 is 0. The Hall–Kier alpha value is -3.06. The van der Waals surface area contributed by atoms with E-state index in [0.29, 0.717) is 23.7 Å². The number of likely N-dealkylation sites (N-methyl/N-ethyl adjacent to an activating group) is 1. The fourth-order valence-corrected chi connectivity index (χ4v) is 3.15. The van der Waals surface area contributed by atoms with E-state index < -0.39 is 6.03 Å². The Bertz CT molecular complexity index is 896. The number of imide groups is 1. The summed E-state index contributed by atoms with van der Waals surface area (Å²) in [5.41, 5.74) is 4.84. The van der Waals surface area contributed by atoms with Gasteiger partial charge in [0.05, 0.1) is 21.3 Å². The summed E-state index contributed by atoms with van der Waals surface area (Å²) in [4.78, 5) is 25.3. The highest BCUT2D eigenvalue weighted by Crippen LogP contribution is 2.29. The summed E-state index contributed by atoms with van der Waals surface area (Å²) in [7, 11) is 5.09. The number of anilines is 1. The van der Waals surface area contributed by atoms with Gasteiger partial charge in [-0.05, 0) is 50.1 Å². The number of quaternary nitrogens is 1. The smallest absolute Gasteiger partial charge is 0.326 e. The SMILES string of the molecule is COc1cc(C)c(C[NH+](C)CC(=O)NC(=O)Nc2ccc(C)cc2C)cc1OC. The second kappa shape index (κ2) is 9.93. The van der Waals surface area contributed by atoms with Crippen LogP contribution in [0, 0.1) is 20.8 Å². The normalized spacial score (nSPS) is 11.5. The number of urea groups is 1. The molecule has 0 radical (unpaired) electrons. The molecule has 2 aromatic rings. The standard InChI is InChI=1S/C22H29N3O4/c1-14-7-8-18(16(3)9-14)23-22(27)24-21(26)13-25(4)12-17-11-20(29-6)19(28-5)10-15(17)2/h7-11H,12-13H2,1-6H3,(H2,23,24,26,27)/p+1. The molecule has 0 aromatic heterocycles. The van der Waals surface area contributed by atoms with Crippen molar-refractivity contribution in [3.05, 3.63) is 52.6 Å². The molecule has 156 valence electrons. The maximum atomic E-state index is 12.3. The molecule has 3 N–H and O–H groups in total. The zero-order valence-corrected chi connectivity index (χ0v) is 17.9. The molecule has 0 aliphatic carbocycles. The molecule has 1 atom stereocenters. The zero-order valence-electron chi connectivity index (χ0n) is 17.9. The number of hydrogen-bond acceptors (Lipinski definition) is 4. The largest absolute Gasteiger partial charge is 0.493 e. The number of carbonyl (C=O) groups excluding carboxylic acids is 2. The van der Waals surface area contributed by atoms with E-state index in [0.717, 1.165) is 27.2 Å². The monoisotopic (exact) mass is 400 g/mol. The number of methoxy groups -OCH3 is 2. The third-order valence-electron chi connectivity index (χ3n) is 4.68. The molecule has 1 unspecified atom stereocenters.